The van der Waals surface area contributed by atoms with E-state index in [0.29, 0.717) is 0 Å². The summed E-state index contributed by atoms with van der Waals surface area (Å²) in [5.41, 5.74) is 1.39. The van der Waals surface area contributed by atoms with Gasteiger partial charge >= 0.3 is 17.6 Å². The zero-order valence-corrected chi connectivity index (χ0v) is 15.5. The number of nitro benzene ring substituents is 2. The summed E-state index contributed by atoms with van der Waals surface area (Å²) in [4.78, 5) is 44.2. The van der Waals surface area contributed by atoms with Gasteiger partial charge in [-0.3, -0.25) is 35.2 Å². The van der Waals surface area contributed by atoms with Crippen LogP contribution in [-0.4, -0.2) is 40.7 Å². The molecule has 0 saturated carbocycles. The van der Waals surface area contributed by atoms with Gasteiger partial charge in [0.2, 0.25) is 0 Å². The van der Waals surface area contributed by atoms with Crippen molar-refractivity contribution in [2.75, 3.05) is 18.6 Å². The predicted molar refractivity (Wildman–Crippen MR) is 97.9 cm³/mol. The standard InChI is InChI=1S/C16H20N4O8/c1-4-27-15(21)9-12(16(22)28-5-2)10(3)17-18-13-7-6-11(19(23)24)8-14(13)20(25)26/h6-8,12,18H,4-5,9H2,1-3H3. The molecular formula is C16H20N4O8. The lowest BCUT2D eigenvalue weighted by Gasteiger charge is -2.15. The maximum atomic E-state index is 12.1. The number of carbonyl (C=O) groups excluding carboxylic acids is 2. The molecule has 1 unspecified atom stereocenters. The first-order valence-electron chi connectivity index (χ1n) is 8.26. The van der Waals surface area contributed by atoms with Crippen molar-refractivity contribution in [3.8, 4) is 0 Å². The van der Waals surface area contributed by atoms with Gasteiger partial charge in [-0.25, -0.2) is 0 Å². The van der Waals surface area contributed by atoms with Gasteiger partial charge in [0.25, 0.3) is 5.69 Å². The zero-order valence-electron chi connectivity index (χ0n) is 15.5. The summed E-state index contributed by atoms with van der Waals surface area (Å²) in [5.74, 6) is -2.38. The van der Waals surface area contributed by atoms with Crippen LogP contribution >= 0.6 is 0 Å². The van der Waals surface area contributed by atoms with Gasteiger partial charge in [-0.2, -0.15) is 5.10 Å². The Morgan fingerprint density at radius 2 is 1.79 bits per heavy atom. The van der Waals surface area contributed by atoms with Gasteiger partial charge in [-0.1, -0.05) is 0 Å². The molecule has 0 aliphatic heterocycles. The highest BCUT2D eigenvalue weighted by Gasteiger charge is 2.27. The summed E-state index contributed by atoms with van der Waals surface area (Å²) in [6, 6.07) is 2.98. The van der Waals surface area contributed by atoms with E-state index in [1.165, 1.54) is 6.92 Å². The number of hydrazone groups is 1. The number of hydrogen-bond acceptors (Lipinski definition) is 10. The SMILES string of the molecule is CCOC(=O)CC(C(=O)OCC)C(C)=NNc1ccc([N+](=O)[O-])cc1[N+](=O)[O-]. The second-order valence-corrected chi connectivity index (χ2v) is 5.39. The predicted octanol–water partition coefficient (Wildman–Crippen LogP) is 2.42. The van der Waals surface area contributed by atoms with Gasteiger partial charge in [-0.05, 0) is 26.8 Å². The smallest absolute Gasteiger partial charge is 0.315 e. The maximum Gasteiger partial charge on any atom is 0.315 e. The molecule has 1 rings (SSSR count). The summed E-state index contributed by atoms with van der Waals surface area (Å²) in [6.07, 6.45) is -0.313. The molecule has 0 aromatic heterocycles. The maximum absolute atomic E-state index is 12.1. The molecule has 1 aromatic rings. The fraction of sp³-hybridized carbons (Fsp3) is 0.438. The Kier molecular flexibility index (Phi) is 8.46. The molecule has 0 aliphatic carbocycles. The first kappa shape index (κ1) is 22.5. The Labute approximate surface area is 159 Å². The third-order valence-corrected chi connectivity index (χ3v) is 3.49. The molecule has 0 saturated heterocycles. The number of benzene rings is 1. The number of rotatable bonds is 10. The second kappa shape index (κ2) is 10.5. The van der Waals surface area contributed by atoms with Crippen LogP contribution in [-0.2, 0) is 19.1 Å². The summed E-state index contributed by atoms with van der Waals surface area (Å²) in [5, 5.41) is 25.8. The molecule has 0 spiro atoms. The number of anilines is 1. The van der Waals surface area contributed by atoms with E-state index in [4.69, 9.17) is 9.47 Å². The number of nitro groups is 2. The highest BCUT2D eigenvalue weighted by atomic mass is 16.6. The quantitative estimate of drug-likeness (QED) is 0.271. The average Bonchev–Trinajstić information content (AvgIpc) is 2.64. The van der Waals surface area contributed by atoms with Crippen molar-refractivity contribution in [1.29, 1.82) is 0 Å². The Bertz CT molecular complexity index is 793. The lowest BCUT2D eigenvalue weighted by molar-refractivity contribution is -0.393. The van der Waals surface area contributed by atoms with Crippen molar-refractivity contribution in [1.82, 2.24) is 0 Å². The molecule has 1 N–H and O–H groups in total. The Morgan fingerprint density at radius 3 is 2.32 bits per heavy atom. The minimum Gasteiger partial charge on any atom is -0.466 e. The summed E-state index contributed by atoms with van der Waals surface area (Å²) < 4.78 is 9.75. The molecule has 0 fully saturated rings. The molecule has 0 radical (unpaired) electrons. The highest BCUT2D eigenvalue weighted by Crippen LogP contribution is 2.29. The van der Waals surface area contributed by atoms with E-state index >= 15 is 0 Å². The first-order valence-corrected chi connectivity index (χ1v) is 8.26. The molecule has 0 bridgehead atoms. The van der Waals surface area contributed by atoms with Gasteiger partial charge in [0.1, 0.15) is 11.6 Å². The largest absolute Gasteiger partial charge is 0.466 e. The zero-order chi connectivity index (χ0) is 21.3. The van der Waals surface area contributed by atoms with Crippen LogP contribution in [0, 0.1) is 26.1 Å². The molecule has 28 heavy (non-hydrogen) atoms. The summed E-state index contributed by atoms with van der Waals surface area (Å²) in [6.45, 7) is 4.88. The Balaban J connectivity index is 3.11. The van der Waals surface area contributed by atoms with Gasteiger partial charge in [0, 0.05) is 11.8 Å². The summed E-state index contributed by atoms with van der Waals surface area (Å²) >= 11 is 0. The molecular weight excluding hydrogens is 376 g/mol. The van der Waals surface area contributed by atoms with E-state index in [1.807, 2.05) is 0 Å². The fourth-order valence-corrected chi connectivity index (χ4v) is 2.14. The molecule has 152 valence electrons. The van der Waals surface area contributed by atoms with Crippen molar-refractivity contribution >= 4 is 34.7 Å². The van der Waals surface area contributed by atoms with E-state index in [0.717, 1.165) is 18.2 Å². The lowest BCUT2D eigenvalue weighted by atomic mass is 10.0. The number of ether oxygens (including phenoxy) is 2. The molecule has 12 nitrogen and oxygen atoms in total. The van der Waals surface area contributed by atoms with Crippen LogP contribution in [0.2, 0.25) is 0 Å². The van der Waals surface area contributed by atoms with E-state index < -0.39 is 39.1 Å². The number of non-ortho nitro benzene ring substituents is 1. The number of carbonyl (C=O) groups is 2. The number of hydrogen-bond donors (Lipinski definition) is 1. The third kappa shape index (κ3) is 6.30. The molecule has 12 heteroatoms. The normalized spacial score (nSPS) is 12.0. The Morgan fingerprint density at radius 1 is 1.14 bits per heavy atom. The van der Waals surface area contributed by atoms with Gasteiger partial charge in [-0.15, -0.1) is 0 Å². The second-order valence-electron chi connectivity index (χ2n) is 5.39. The minimum atomic E-state index is -1.05. The highest BCUT2D eigenvalue weighted by molar-refractivity contribution is 6.03. The molecule has 0 amide bonds. The van der Waals surface area contributed by atoms with Crippen LogP contribution in [0.1, 0.15) is 27.2 Å². The van der Waals surface area contributed by atoms with Crippen LogP contribution in [0.15, 0.2) is 23.3 Å². The van der Waals surface area contributed by atoms with Crippen LogP contribution in [0.25, 0.3) is 0 Å². The first-order chi connectivity index (χ1) is 13.2. The van der Waals surface area contributed by atoms with Crippen molar-refractivity contribution in [2.45, 2.75) is 27.2 Å². The molecule has 1 aromatic carbocycles. The van der Waals surface area contributed by atoms with Crippen LogP contribution in [0.4, 0.5) is 17.1 Å². The van der Waals surface area contributed by atoms with Crippen LogP contribution < -0.4 is 5.43 Å². The van der Waals surface area contributed by atoms with E-state index in [1.54, 1.807) is 13.8 Å². The van der Waals surface area contributed by atoms with Crippen molar-refractivity contribution in [2.24, 2.45) is 11.0 Å². The lowest BCUT2D eigenvalue weighted by Crippen LogP contribution is -2.28. The minimum absolute atomic E-state index is 0.0900. The third-order valence-electron chi connectivity index (χ3n) is 3.49. The average molecular weight is 396 g/mol. The van der Waals surface area contributed by atoms with Gasteiger partial charge in [0.15, 0.2) is 0 Å². The summed E-state index contributed by atoms with van der Waals surface area (Å²) in [7, 11) is 0. The van der Waals surface area contributed by atoms with Gasteiger partial charge in [0.05, 0.1) is 35.5 Å². The number of nitrogens with zero attached hydrogens (tertiary/aromatic N) is 3. The molecule has 1 atom stereocenters. The van der Waals surface area contributed by atoms with Crippen LogP contribution in [0.3, 0.4) is 0 Å². The van der Waals surface area contributed by atoms with E-state index in [9.17, 15) is 29.8 Å². The molecule has 0 heterocycles. The monoisotopic (exact) mass is 396 g/mol. The molecule has 0 aliphatic rings. The Hall–Kier alpha value is -3.57. The van der Waals surface area contributed by atoms with Crippen LogP contribution in [0.5, 0.6) is 0 Å². The topological polar surface area (TPSA) is 163 Å². The van der Waals surface area contributed by atoms with Crippen molar-refractivity contribution in [3.05, 3.63) is 38.4 Å². The van der Waals surface area contributed by atoms with Crippen molar-refractivity contribution in [3.63, 3.8) is 0 Å². The van der Waals surface area contributed by atoms with E-state index in [-0.39, 0.29) is 31.0 Å². The fourth-order valence-electron chi connectivity index (χ4n) is 2.14. The van der Waals surface area contributed by atoms with E-state index in [2.05, 4.69) is 10.5 Å². The van der Waals surface area contributed by atoms with Gasteiger partial charge < -0.3 is 9.47 Å². The van der Waals surface area contributed by atoms with Crippen molar-refractivity contribution < 1.29 is 28.9 Å². The number of esters is 2. The number of nitrogens with one attached hydrogen (secondary N) is 1.